The molecule has 0 bridgehead atoms. The van der Waals surface area contributed by atoms with Crippen LogP contribution in [0.15, 0.2) is 30.3 Å². The van der Waals surface area contributed by atoms with E-state index in [1.54, 1.807) is 0 Å². The summed E-state index contributed by atoms with van der Waals surface area (Å²) in [6.45, 7) is 4.27. The number of amides is 1. The summed E-state index contributed by atoms with van der Waals surface area (Å²) in [5, 5.41) is 9.31. The smallest absolute Gasteiger partial charge is 0.241 e. The van der Waals surface area contributed by atoms with Gasteiger partial charge in [0.15, 0.2) is 0 Å². The van der Waals surface area contributed by atoms with Gasteiger partial charge in [0.25, 0.3) is 0 Å². The van der Waals surface area contributed by atoms with Crippen LogP contribution < -0.4 is 5.73 Å². The maximum atomic E-state index is 12.1. The molecule has 4 nitrogen and oxygen atoms in total. The molecule has 0 heterocycles. The monoisotopic (exact) mass is 264 g/mol. The molecule has 1 aromatic rings. The van der Waals surface area contributed by atoms with Crippen LogP contribution in [0.5, 0.6) is 0 Å². The van der Waals surface area contributed by atoms with Gasteiger partial charge in [-0.25, -0.2) is 0 Å². The van der Waals surface area contributed by atoms with Crippen LogP contribution in [0.4, 0.5) is 0 Å². The maximum absolute atomic E-state index is 12.1. The minimum atomic E-state index is -0.525. The van der Waals surface area contributed by atoms with Crippen molar-refractivity contribution in [3.63, 3.8) is 0 Å². The van der Waals surface area contributed by atoms with Gasteiger partial charge in [0.05, 0.1) is 6.04 Å². The molecule has 1 amide bonds. The number of carbonyl (C=O) groups excluding carboxylic acids is 1. The zero-order valence-electron chi connectivity index (χ0n) is 11.7. The van der Waals surface area contributed by atoms with E-state index in [0.717, 1.165) is 12.0 Å². The molecule has 0 saturated carbocycles. The van der Waals surface area contributed by atoms with Crippen LogP contribution in [0.25, 0.3) is 0 Å². The Bertz CT molecular complexity index is 379. The molecule has 4 heteroatoms. The minimum Gasteiger partial charge on any atom is -0.376 e. The Morgan fingerprint density at radius 2 is 1.95 bits per heavy atom. The molecule has 0 aliphatic rings. The highest BCUT2D eigenvalue weighted by Gasteiger charge is 2.20. The SMILES string of the molecule is CC(C)CC(N)C(=O)N(CO)CCc1ccccc1. The highest BCUT2D eigenvalue weighted by Crippen LogP contribution is 2.07. The third-order valence-corrected chi connectivity index (χ3v) is 3.04. The zero-order chi connectivity index (χ0) is 14.3. The Kier molecular flexibility index (Phi) is 6.53. The van der Waals surface area contributed by atoms with Crippen LogP contribution >= 0.6 is 0 Å². The van der Waals surface area contributed by atoms with E-state index in [1.165, 1.54) is 4.90 Å². The van der Waals surface area contributed by atoms with Gasteiger partial charge in [-0.2, -0.15) is 0 Å². The second kappa shape index (κ2) is 7.92. The lowest BCUT2D eigenvalue weighted by atomic mass is 10.0. The predicted molar refractivity (Wildman–Crippen MR) is 76.4 cm³/mol. The molecule has 0 spiro atoms. The standard InChI is InChI=1S/C15H24N2O2/c1-12(2)10-14(16)15(19)17(11-18)9-8-13-6-4-3-5-7-13/h3-7,12,14,18H,8-11,16H2,1-2H3. The first-order valence-corrected chi connectivity index (χ1v) is 6.73. The van der Waals surface area contributed by atoms with Crippen molar-refractivity contribution in [2.45, 2.75) is 32.7 Å². The summed E-state index contributed by atoms with van der Waals surface area (Å²) in [5.74, 6) is 0.195. The Labute approximate surface area is 115 Å². The molecular weight excluding hydrogens is 240 g/mol. The van der Waals surface area contributed by atoms with Crippen molar-refractivity contribution in [1.29, 1.82) is 0 Å². The van der Waals surface area contributed by atoms with Gasteiger partial charge in [-0.1, -0.05) is 44.2 Å². The molecule has 1 rings (SSSR count). The van der Waals surface area contributed by atoms with Gasteiger partial charge in [-0.05, 0) is 24.3 Å². The number of hydrogen-bond acceptors (Lipinski definition) is 3. The lowest BCUT2D eigenvalue weighted by molar-refractivity contribution is -0.136. The number of aliphatic hydroxyl groups is 1. The Morgan fingerprint density at radius 3 is 2.47 bits per heavy atom. The molecule has 0 saturated heterocycles. The number of carbonyl (C=O) groups is 1. The van der Waals surface area contributed by atoms with Gasteiger partial charge in [-0.15, -0.1) is 0 Å². The van der Waals surface area contributed by atoms with Crippen LogP contribution in [-0.4, -0.2) is 35.2 Å². The highest BCUT2D eigenvalue weighted by atomic mass is 16.3. The first kappa shape index (κ1) is 15.7. The van der Waals surface area contributed by atoms with E-state index in [4.69, 9.17) is 5.73 Å². The van der Waals surface area contributed by atoms with Crippen LogP contribution in [0.3, 0.4) is 0 Å². The van der Waals surface area contributed by atoms with E-state index < -0.39 is 6.04 Å². The topological polar surface area (TPSA) is 66.6 Å². The fraction of sp³-hybridized carbons (Fsp3) is 0.533. The lowest BCUT2D eigenvalue weighted by Gasteiger charge is -2.24. The summed E-state index contributed by atoms with van der Waals surface area (Å²) < 4.78 is 0. The number of benzene rings is 1. The number of rotatable bonds is 7. The minimum absolute atomic E-state index is 0.174. The number of hydrogen-bond donors (Lipinski definition) is 2. The number of nitrogens with zero attached hydrogens (tertiary/aromatic N) is 1. The van der Waals surface area contributed by atoms with Crippen molar-refractivity contribution < 1.29 is 9.90 Å². The van der Waals surface area contributed by atoms with Crippen molar-refractivity contribution >= 4 is 5.91 Å². The number of nitrogens with two attached hydrogens (primary N) is 1. The van der Waals surface area contributed by atoms with E-state index in [0.29, 0.717) is 18.9 Å². The molecule has 19 heavy (non-hydrogen) atoms. The Balaban J connectivity index is 2.51. The average molecular weight is 264 g/mol. The first-order chi connectivity index (χ1) is 9.04. The second-order valence-electron chi connectivity index (χ2n) is 5.21. The van der Waals surface area contributed by atoms with Gasteiger partial charge in [0, 0.05) is 6.54 Å². The molecule has 3 N–H and O–H groups in total. The van der Waals surface area contributed by atoms with Crippen molar-refractivity contribution in [2.24, 2.45) is 11.7 Å². The number of aliphatic hydroxyl groups excluding tert-OH is 1. The third kappa shape index (κ3) is 5.41. The lowest BCUT2D eigenvalue weighted by Crippen LogP contribution is -2.45. The van der Waals surface area contributed by atoms with Crippen molar-refractivity contribution in [3.8, 4) is 0 Å². The molecular formula is C15H24N2O2. The fourth-order valence-corrected chi connectivity index (χ4v) is 2.00. The molecule has 0 radical (unpaired) electrons. The summed E-state index contributed by atoms with van der Waals surface area (Å²) in [4.78, 5) is 13.5. The van der Waals surface area contributed by atoms with E-state index >= 15 is 0 Å². The molecule has 0 aromatic heterocycles. The van der Waals surface area contributed by atoms with Gasteiger partial charge in [0.1, 0.15) is 6.73 Å². The molecule has 1 aromatic carbocycles. The van der Waals surface area contributed by atoms with Gasteiger partial charge < -0.3 is 15.7 Å². The quantitative estimate of drug-likeness (QED) is 0.731. The van der Waals surface area contributed by atoms with E-state index in [-0.39, 0.29) is 12.6 Å². The molecule has 0 fully saturated rings. The van der Waals surface area contributed by atoms with Crippen molar-refractivity contribution in [1.82, 2.24) is 4.90 Å². The van der Waals surface area contributed by atoms with Gasteiger partial charge >= 0.3 is 0 Å². The van der Waals surface area contributed by atoms with Crippen LogP contribution in [0.2, 0.25) is 0 Å². The van der Waals surface area contributed by atoms with E-state index in [1.807, 2.05) is 44.2 Å². The predicted octanol–water partition coefficient (Wildman–Crippen LogP) is 1.38. The van der Waals surface area contributed by atoms with E-state index in [9.17, 15) is 9.90 Å². The summed E-state index contributed by atoms with van der Waals surface area (Å²) in [6.07, 6.45) is 1.36. The maximum Gasteiger partial charge on any atom is 0.241 e. The molecule has 0 aliphatic carbocycles. The van der Waals surface area contributed by atoms with Crippen LogP contribution in [-0.2, 0) is 11.2 Å². The summed E-state index contributed by atoms with van der Waals surface area (Å²) in [7, 11) is 0. The fourth-order valence-electron chi connectivity index (χ4n) is 2.00. The average Bonchev–Trinajstić information content (AvgIpc) is 2.39. The summed E-state index contributed by atoms with van der Waals surface area (Å²) in [6, 6.07) is 9.37. The zero-order valence-corrected chi connectivity index (χ0v) is 11.7. The summed E-state index contributed by atoms with van der Waals surface area (Å²) >= 11 is 0. The third-order valence-electron chi connectivity index (χ3n) is 3.04. The van der Waals surface area contributed by atoms with Crippen molar-refractivity contribution in [3.05, 3.63) is 35.9 Å². The van der Waals surface area contributed by atoms with Crippen LogP contribution in [0, 0.1) is 5.92 Å². The summed E-state index contributed by atoms with van der Waals surface area (Å²) in [5.41, 5.74) is 7.01. The van der Waals surface area contributed by atoms with Crippen LogP contribution in [0.1, 0.15) is 25.8 Å². The Hall–Kier alpha value is -1.39. The van der Waals surface area contributed by atoms with Gasteiger partial charge in [0.2, 0.25) is 5.91 Å². The van der Waals surface area contributed by atoms with E-state index in [2.05, 4.69) is 0 Å². The van der Waals surface area contributed by atoms with Gasteiger partial charge in [-0.3, -0.25) is 4.79 Å². The largest absolute Gasteiger partial charge is 0.376 e. The van der Waals surface area contributed by atoms with Crippen molar-refractivity contribution in [2.75, 3.05) is 13.3 Å². The molecule has 1 atom stereocenters. The molecule has 1 unspecified atom stereocenters. The highest BCUT2D eigenvalue weighted by molar-refractivity contribution is 5.81. The molecule has 106 valence electrons. The normalized spacial score (nSPS) is 12.5. The second-order valence-corrected chi connectivity index (χ2v) is 5.21. The molecule has 0 aliphatic heterocycles. The first-order valence-electron chi connectivity index (χ1n) is 6.73. The Morgan fingerprint density at radius 1 is 1.32 bits per heavy atom.